The Hall–Kier alpha value is -2.50. The van der Waals surface area contributed by atoms with Crippen molar-refractivity contribution in [3.05, 3.63) is 83.2 Å². The first kappa shape index (κ1) is 14.4. The van der Waals surface area contributed by atoms with E-state index in [1.54, 1.807) is 36.7 Å². The van der Waals surface area contributed by atoms with Crippen LogP contribution in [0, 0.1) is 5.82 Å². The molecule has 3 aromatic rings. The number of H-pyrrole nitrogens is 2. The van der Waals surface area contributed by atoms with E-state index in [1.165, 1.54) is 6.07 Å². The molecule has 114 valence electrons. The molecule has 0 spiro atoms. The topological polar surface area (TPSA) is 31.6 Å². The number of aromatic amines is 2. The van der Waals surface area contributed by atoms with Crippen LogP contribution in [0.15, 0.2) is 54.9 Å². The molecule has 1 aromatic carbocycles. The minimum Gasteiger partial charge on any atom is -0.364 e. The molecule has 0 fully saturated rings. The summed E-state index contributed by atoms with van der Waals surface area (Å²) in [5.74, 6) is -1.59. The highest BCUT2D eigenvalue weighted by atomic mass is 19.4. The largest absolute Gasteiger partial charge is 0.416 e. The van der Waals surface area contributed by atoms with Gasteiger partial charge >= 0.3 is 6.18 Å². The second-order valence-corrected chi connectivity index (χ2v) is 4.91. The van der Waals surface area contributed by atoms with Gasteiger partial charge in [-0.05, 0) is 42.0 Å². The van der Waals surface area contributed by atoms with Crippen LogP contribution in [0.25, 0.3) is 0 Å². The molecule has 2 N–H and O–H groups in total. The van der Waals surface area contributed by atoms with Gasteiger partial charge in [-0.1, -0.05) is 6.07 Å². The van der Waals surface area contributed by atoms with Gasteiger partial charge in [-0.3, -0.25) is 0 Å². The number of halogens is 4. The highest BCUT2D eigenvalue weighted by molar-refractivity contribution is 5.43. The van der Waals surface area contributed by atoms with Crippen LogP contribution in [0.1, 0.15) is 28.4 Å². The molecular formula is C16H12F4N2. The van der Waals surface area contributed by atoms with Gasteiger partial charge in [0.2, 0.25) is 0 Å². The lowest BCUT2D eigenvalue weighted by atomic mass is 9.88. The van der Waals surface area contributed by atoms with Gasteiger partial charge in [0.25, 0.3) is 0 Å². The third kappa shape index (κ3) is 2.64. The van der Waals surface area contributed by atoms with E-state index in [9.17, 15) is 17.6 Å². The SMILES string of the molecule is Fc1ccc(C(c2ccc[nH]2)c2ccc[nH]2)c(C(F)(F)F)c1. The molecule has 6 heteroatoms. The molecule has 22 heavy (non-hydrogen) atoms. The monoisotopic (exact) mass is 308 g/mol. The Morgan fingerprint density at radius 3 is 1.91 bits per heavy atom. The molecule has 2 nitrogen and oxygen atoms in total. The Morgan fingerprint density at radius 1 is 0.864 bits per heavy atom. The van der Waals surface area contributed by atoms with Gasteiger partial charge in [-0.25, -0.2) is 4.39 Å². The average molecular weight is 308 g/mol. The Balaban J connectivity index is 2.22. The molecular weight excluding hydrogens is 296 g/mol. The van der Waals surface area contributed by atoms with Crippen molar-refractivity contribution >= 4 is 0 Å². The number of hydrogen-bond acceptors (Lipinski definition) is 0. The maximum Gasteiger partial charge on any atom is 0.416 e. The van der Waals surface area contributed by atoms with Crippen LogP contribution in [0.4, 0.5) is 17.6 Å². The maximum atomic E-state index is 13.3. The lowest BCUT2D eigenvalue weighted by Crippen LogP contribution is -2.15. The van der Waals surface area contributed by atoms with Gasteiger partial charge in [-0.2, -0.15) is 13.2 Å². The summed E-state index contributed by atoms with van der Waals surface area (Å²) in [6.45, 7) is 0. The number of aromatic nitrogens is 2. The molecule has 2 aromatic heterocycles. The van der Waals surface area contributed by atoms with Crippen molar-refractivity contribution in [2.45, 2.75) is 12.1 Å². The van der Waals surface area contributed by atoms with Crippen LogP contribution in [0.2, 0.25) is 0 Å². The van der Waals surface area contributed by atoms with Crippen molar-refractivity contribution in [1.29, 1.82) is 0 Å². The third-order valence-corrected chi connectivity index (χ3v) is 3.50. The number of alkyl halides is 3. The van der Waals surface area contributed by atoms with E-state index in [4.69, 9.17) is 0 Å². The molecule has 0 aliphatic carbocycles. The van der Waals surface area contributed by atoms with Crippen LogP contribution in [0.3, 0.4) is 0 Å². The average Bonchev–Trinajstić information content (AvgIpc) is 3.13. The van der Waals surface area contributed by atoms with Crippen molar-refractivity contribution in [2.75, 3.05) is 0 Å². The molecule has 0 unspecified atom stereocenters. The Labute approximate surface area is 123 Å². The molecule has 0 aliphatic heterocycles. The zero-order valence-corrected chi connectivity index (χ0v) is 11.3. The summed E-state index contributed by atoms with van der Waals surface area (Å²) in [7, 11) is 0. The summed E-state index contributed by atoms with van der Waals surface area (Å²) < 4.78 is 53.2. The summed E-state index contributed by atoms with van der Waals surface area (Å²) in [5, 5.41) is 0. The zero-order chi connectivity index (χ0) is 15.7. The van der Waals surface area contributed by atoms with Gasteiger partial charge < -0.3 is 9.97 Å². The van der Waals surface area contributed by atoms with Gasteiger partial charge in [0.15, 0.2) is 0 Å². The first-order valence-electron chi connectivity index (χ1n) is 6.60. The smallest absolute Gasteiger partial charge is 0.364 e. The highest BCUT2D eigenvalue weighted by Gasteiger charge is 2.36. The second kappa shape index (κ2) is 5.36. The number of nitrogens with one attached hydrogen (secondary N) is 2. The van der Waals surface area contributed by atoms with E-state index in [2.05, 4.69) is 9.97 Å². The first-order valence-corrected chi connectivity index (χ1v) is 6.60. The van der Waals surface area contributed by atoms with Gasteiger partial charge in [0.05, 0.1) is 11.5 Å². The lowest BCUT2D eigenvalue weighted by Gasteiger charge is -2.20. The summed E-state index contributed by atoms with van der Waals surface area (Å²) in [5.41, 5.74) is 0.222. The summed E-state index contributed by atoms with van der Waals surface area (Å²) in [4.78, 5) is 5.87. The van der Waals surface area contributed by atoms with Crippen LogP contribution >= 0.6 is 0 Å². The van der Waals surface area contributed by atoms with Crippen LogP contribution < -0.4 is 0 Å². The van der Waals surface area contributed by atoms with Crippen LogP contribution in [-0.4, -0.2) is 9.97 Å². The molecule has 3 rings (SSSR count). The van der Waals surface area contributed by atoms with E-state index in [1.807, 2.05) is 0 Å². The minimum absolute atomic E-state index is 0.00111. The minimum atomic E-state index is -4.63. The van der Waals surface area contributed by atoms with E-state index in [0.29, 0.717) is 17.5 Å². The molecule has 0 radical (unpaired) electrons. The summed E-state index contributed by atoms with van der Waals surface area (Å²) in [6.07, 6.45) is -1.35. The van der Waals surface area contributed by atoms with Crippen molar-refractivity contribution < 1.29 is 17.6 Å². The fraction of sp³-hybridized carbons (Fsp3) is 0.125. The fourth-order valence-electron chi connectivity index (χ4n) is 2.58. The Kier molecular flexibility index (Phi) is 3.52. The Bertz CT molecular complexity index is 709. The van der Waals surface area contributed by atoms with Gasteiger partial charge in [0, 0.05) is 23.8 Å². The molecule has 2 heterocycles. The first-order chi connectivity index (χ1) is 10.5. The molecule has 0 bridgehead atoms. The highest BCUT2D eigenvalue weighted by Crippen LogP contribution is 2.39. The second-order valence-electron chi connectivity index (χ2n) is 4.91. The zero-order valence-electron chi connectivity index (χ0n) is 11.3. The Morgan fingerprint density at radius 2 is 1.45 bits per heavy atom. The summed E-state index contributed by atoms with van der Waals surface area (Å²) in [6, 6.07) is 9.59. The van der Waals surface area contributed by atoms with E-state index < -0.39 is 23.5 Å². The summed E-state index contributed by atoms with van der Waals surface area (Å²) >= 11 is 0. The van der Waals surface area contributed by atoms with Gasteiger partial charge in [-0.15, -0.1) is 0 Å². The van der Waals surface area contributed by atoms with Crippen LogP contribution in [-0.2, 0) is 6.18 Å². The van der Waals surface area contributed by atoms with Crippen molar-refractivity contribution in [1.82, 2.24) is 9.97 Å². The van der Waals surface area contributed by atoms with E-state index >= 15 is 0 Å². The molecule has 0 saturated carbocycles. The fourth-order valence-corrected chi connectivity index (χ4v) is 2.58. The molecule has 0 saturated heterocycles. The number of rotatable bonds is 3. The molecule has 0 atom stereocenters. The van der Waals surface area contributed by atoms with Crippen molar-refractivity contribution in [3.63, 3.8) is 0 Å². The maximum absolute atomic E-state index is 13.3. The molecule has 0 aliphatic rings. The van der Waals surface area contributed by atoms with Crippen molar-refractivity contribution in [2.24, 2.45) is 0 Å². The third-order valence-electron chi connectivity index (χ3n) is 3.50. The predicted octanol–water partition coefficient (Wildman–Crippen LogP) is 4.68. The standard InChI is InChI=1S/C16H12F4N2/c17-10-5-6-11(12(9-10)16(18,19)20)15(13-3-1-7-21-13)14-4-2-8-22-14/h1-9,15,21-22H. The quantitative estimate of drug-likeness (QED) is 0.658. The van der Waals surface area contributed by atoms with Crippen molar-refractivity contribution in [3.8, 4) is 0 Å². The van der Waals surface area contributed by atoms with Gasteiger partial charge in [0.1, 0.15) is 5.82 Å². The van der Waals surface area contributed by atoms with E-state index in [0.717, 1.165) is 6.07 Å². The van der Waals surface area contributed by atoms with Crippen LogP contribution in [0.5, 0.6) is 0 Å². The molecule has 0 amide bonds. The number of hydrogen-bond donors (Lipinski definition) is 2. The lowest BCUT2D eigenvalue weighted by molar-refractivity contribution is -0.138. The van der Waals surface area contributed by atoms with E-state index in [-0.39, 0.29) is 5.56 Å². The normalized spacial score (nSPS) is 12.0. The number of benzene rings is 1. The predicted molar refractivity (Wildman–Crippen MR) is 73.9 cm³/mol.